The number of pyridine rings is 2. The molecular formula is C27H25IrN2O2-. The van der Waals surface area contributed by atoms with Gasteiger partial charge in [0.2, 0.25) is 0 Å². The average molecular weight is 602 g/mol. The molecule has 0 atom stereocenters. The van der Waals surface area contributed by atoms with Gasteiger partial charge in [-0.25, -0.2) is 0 Å². The number of carbonyl (C=O) groups excluding carboxylic acids is 1. The molecule has 2 heterocycles. The molecule has 0 saturated carbocycles. The van der Waals surface area contributed by atoms with Crippen molar-refractivity contribution in [2.24, 2.45) is 0 Å². The van der Waals surface area contributed by atoms with E-state index in [-0.39, 0.29) is 37.1 Å². The minimum absolute atomic E-state index is 0. The molecule has 1 aliphatic carbocycles. The Bertz CT molecular complexity index is 1360. The van der Waals surface area contributed by atoms with E-state index in [0.29, 0.717) is 0 Å². The summed E-state index contributed by atoms with van der Waals surface area (Å²) < 4.78 is 0. The predicted molar refractivity (Wildman–Crippen MR) is 125 cm³/mol. The van der Waals surface area contributed by atoms with Crippen molar-refractivity contribution in [2.45, 2.75) is 40.0 Å². The maximum atomic E-state index is 10.0. The Balaban J connectivity index is 0.000000318. The quantitative estimate of drug-likeness (QED) is 0.160. The molecule has 0 bridgehead atoms. The van der Waals surface area contributed by atoms with Crippen molar-refractivity contribution in [3.8, 4) is 11.3 Å². The summed E-state index contributed by atoms with van der Waals surface area (Å²) in [6.45, 7) is 9.55. The van der Waals surface area contributed by atoms with Crippen LogP contribution in [0.5, 0.6) is 0 Å². The van der Waals surface area contributed by atoms with Gasteiger partial charge in [-0.15, -0.1) is 23.8 Å². The van der Waals surface area contributed by atoms with Crippen LogP contribution in [0.1, 0.15) is 44.4 Å². The number of nitrogens with zero attached hydrogens (tertiary/aromatic N) is 2. The smallest absolute Gasteiger partial charge is 0.155 e. The summed E-state index contributed by atoms with van der Waals surface area (Å²) in [7, 11) is 0. The maximum absolute atomic E-state index is 10.0. The number of aryl methyl sites for hydroxylation is 1. The van der Waals surface area contributed by atoms with Crippen LogP contribution in [0, 0.1) is 13.0 Å². The average Bonchev–Trinajstić information content (AvgIpc) is 2.70. The molecule has 5 heteroatoms. The van der Waals surface area contributed by atoms with Crippen LogP contribution in [0.15, 0.2) is 60.8 Å². The van der Waals surface area contributed by atoms with Crippen LogP contribution >= 0.6 is 0 Å². The van der Waals surface area contributed by atoms with Gasteiger partial charge < -0.3 is 10.1 Å². The number of benzene rings is 2. The van der Waals surface area contributed by atoms with Crippen LogP contribution in [-0.2, 0) is 30.3 Å². The van der Waals surface area contributed by atoms with E-state index in [1.54, 1.807) is 0 Å². The Labute approximate surface area is 201 Å². The molecule has 2 aromatic carbocycles. The fourth-order valence-electron chi connectivity index (χ4n) is 4.41. The summed E-state index contributed by atoms with van der Waals surface area (Å²) in [5.74, 6) is -0.0625. The van der Waals surface area contributed by atoms with Crippen molar-refractivity contribution in [1.29, 1.82) is 0 Å². The first-order valence-corrected chi connectivity index (χ1v) is 10.3. The zero-order chi connectivity index (χ0) is 22.3. The molecular weight excluding hydrogens is 577 g/mol. The van der Waals surface area contributed by atoms with E-state index in [9.17, 15) is 4.79 Å². The van der Waals surface area contributed by atoms with Crippen molar-refractivity contribution in [3.05, 3.63) is 83.5 Å². The number of aromatic nitrogens is 2. The van der Waals surface area contributed by atoms with Crippen molar-refractivity contribution in [3.63, 3.8) is 0 Å². The Morgan fingerprint density at radius 2 is 1.84 bits per heavy atom. The monoisotopic (exact) mass is 602 g/mol. The van der Waals surface area contributed by atoms with Gasteiger partial charge in [-0.1, -0.05) is 53.9 Å². The third-order valence-electron chi connectivity index (χ3n) is 5.71. The topological polar surface area (TPSA) is 63.1 Å². The number of hydrogen-bond donors (Lipinski definition) is 1. The van der Waals surface area contributed by atoms with E-state index in [4.69, 9.17) is 10.1 Å². The summed E-state index contributed by atoms with van der Waals surface area (Å²) in [6.07, 6.45) is 7.10. The molecule has 0 amide bonds. The SMILES string of the molecule is CC(=O)/C=C(/C)O.Cc1ccc2cnc3c(c2c1)C(C)(C)c1cncc2cc[c-]c-3c12.[Ir]. The van der Waals surface area contributed by atoms with Gasteiger partial charge in [0.15, 0.2) is 5.78 Å². The van der Waals surface area contributed by atoms with Gasteiger partial charge >= 0.3 is 0 Å². The minimum Gasteiger partial charge on any atom is -0.512 e. The fourth-order valence-corrected chi connectivity index (χ4v) is 4.41. The summed E-state index contributed by atoms with van der Waals surface area (Å²) in [6, 6.07) is 14.1. The van der Waals surface area contributed by atoms with Gasteiger partial charge in [0.05, 0.1) is 5.76 Å². The third kappa shape index (κ3) is 4.11. The molecule has 2 aromatic heterocycles. The standard InChI is InChI=1S/C22H17N2.C5H8O2.Ir/c1-13-7-8-14-11-24-21-16-6-4-5-15-10-23-12-18(19(15)16)22(2,3)20(21)17(14)9-13;1-4(6)3-5(2)7;/h4-5,7-12H,1-3H3;3,6H,1-2H3;/q-1;;/b;4-3-;. The third-order valence-corrected chi connectivity index (χ3v) is 5.71. The van der Waals surface area contributed by atoms with Crippen LogP contribution in [0.25, 0.3) is 32.8 Å². The zero-order valence-electron chi connectivity index (χ0n) is 18.8. The second-order valence-corrected chi connectivity index (χ2v) is 8.60. The van der Waals surface area contributed by atoms with Crippen LogP contribution in [0.4, 0.5) is 0 Å². The molecule has 1 aliphatic rings. The Morgan fingerprint density at radius 3 is 2.50 bits per heavy atom. The molecule has 0 saturated heterocycles. The van der Waals surface area contributed by atoms with E-state index in [2.05, 4.69) is 56.1 Å². The van der Waals surface area contributed by atoms with Crippen molar-refractivity contribution >= 4 is 27.3 Å². The zero-order valence-corrected chi connectivity index (χ0v) is 21.2. The number of hydrogen-bond acceptors (Lipinski definition) is 4. The second-order valence-electron chi connectivity index (χ2n) is 8.60. The molecule has 1 radical (unpaired) electrons. The Hall–Kier alpha value is -2.88. The van der Waals surface area contributed by atoms with Crippen LogP contribution < -0.4 is 0 Å². The van der Waals surface area contributed by atoms with Crippen molar-refractivity contribution in [1.82, 2.24) is 9.97 Å². The summed E-state index contributed by atoms with van der Waals surface area (Å²) >= 11 is 0. The first-order chi connectivity index (χ1) is 14.7. The molecule has 0 aliphatic heterocycles. The predicted octanol–water partition coefficient (Wildman–Crippen LogP) is 6.23. The number of allylic oxidation sites excluding steroid dienone is 2. The molecule has 4 nitrogen and oxygen atoms in total. The van der Waals surface area contributed by atoms with Gasteiger partial charge in [-0.2, -0.15) is 0 Å². The first kappa shape index (κ1) is 23.8. The minimum atomic E-state index is -0.148. The van der Waals surface area contributed by atoms with Crippen LogP contribution in [-0.4, -0.2) is 20.9 Å². The molecule has 0 spiro atoms. The number of carbonyl (C=O) groups is 1. The van der Waals surface area contributed by atoms with Gasteiger partial charge in [-0.3, -0.25) is 9.78 Å². The molecule has 4 aromatic rings. The molecule has 5 rings (SSSR count). The number of rotatable bonds is 1. The molecule has 0 fully saturated rings. The number of aliphatic hydroxyl groups excluding tert-OH is 1. The van der Waals surface area contributed by atoms with Crippen molar-refractivity contribution in [2.75, 3.05) is 0 Å². The van der Waals surface area contributed by atoms with Gasteiger partial charge in [0.1, 0.15) is 0 Å². The van der Waals surface area contributed by atoms with E-state index in [1.165, 1.54) is 52.8 Å². The largest absolute Gasteiger partial charge is 0.512 e. The van der Waals surface area contributed by atoms with Gasteiger partial charge in [0, 0.05) is 50.2 Å². The van der Waals surface area contributed by atoms with E-state index in [1.807, 2.05) is 24.7 Å². The van der Waals surface area contributed by atoms with Crippen LogP contribution in [0.2, 0.25) is 0 Å². The molecule has 1 N–H and O–H groups in total. The molecule has 0 unspecified atom stereocenters. The summed E-state index contributed by atoms with van der Waals surface area (Å²) in [4.78, 5) is 19.4. The number of aliphatic hydroxyl groups is 1. The maximum Gasteiger partial charge on any atom is 0.155 e. The Morgan fingerprint density at radius 1 is 1.09 bits per heavy atom. The fraction of sp³-hybridized carbons (Fsp3) is 0.222. The Kier molecular flexibility index (Phi) is 6.64. The summed E-state index contributed by atoms with van der Waals surface area (Å²) in [5.41, 5.74) is 5.82. The summed E-state index contributed by atoms with van der Waals surface area (Å²) in [5, 5.41) is 13.2. The van der Waals surface area contributed by atoms with E-state index in [0.717, 1.165) is 16.6 Å². The number of fused-ring (bicyclic) bond motifs is 4. The van der Waals surface area contributed by atoms with Gasteiger partial charge in [-0.05, 0) is 42.8 Å². The molecule has 32 heavy (non-hydrogen) atoms. The normalized spacial score (nSPS) is 13.6. The molecule has 165 valence electrons. The van der Waals surface area contributed by atoms with Crippen LogP contribution in [0.3, 0.4) is 0 Å². The van der Waals surface area contributed by atoms with E-state index >= 15 is 0 Å². The second kappa shape index (κ2) is 8.93. The van der Waals surface area contributed by atoms with Crippen molar-refractivity contribution < 1.29 is 30.0 Å². The first-order valence-electron chi connectivity index (χ1n) is 10.3. The van der Waals surface area contributed by atoms with E-state index < -0.39 is 0 Å². The van der Waals surface area contributed by atoms with Gasteiger partial charge in [0.25, 0.3) is 0 Å². The number of ketones is 1.